The number of allylic oxidation sites excluding steroid dienone is 7. The molecule has 0 spiro atoms. The molecule has 8 nitrogen and oxygen atoms in total. The average Bonchev–Trinajstić information content (AvgIpc) is 2.99. The summed E-state index contributed by atoms with van der Waals surface area (Å²) in [6.45, 7) is 13.7. The van der Waals surface area contributed by atoms with Crippen molar-refractivity contribution in [2.75, 3.05) is 6.26 Å². The number of nitrogens with zero attached hydrogens (tertiary/aromatic N) is 2. The maximum Gasteiger partial charge on any atom is 0.250 e. The molecule has 0 saturated carbocycles. The normalized spacial score (nSPS) is 28.9. The zero-order valence-electron chi connectivity index (χ0n) is 23.5. The van der Waals surface area contributed by atoms with Crippen LogP contribution in [0.3, 0.4) is 0 Å². The number of nitrogens with one attached hydrogen (secondary N) is 2. The van der Waals surface area contributed by atoms with E-state index in [-0.39, 0.29) is 5.41 Å². The first-order chi connectivity index (χ1) is 17.3. The van der Waals surface area contributed by atoms with Crippen molar-refractivity contribution in [3.63, 3.8) is 0 Å². The molecule has 0 aromatic heterocycles. The number of amides is 1. The molecule has 4 N–H and O–H groups in total. The second-order valence-corrected chi connectivity index (χ2v) is 14.4. The van der Waals surface area contributed by atoms with Gasteiger partial charge in [0.15, 0.2) is 9.84 Å². The first kappa shape index (κ1) is 29.1. The second-order valence-electron chi connectivity index (χ2n) is 12.0. The van der Waals surface area contributed by atoms with E-state index >= 15 is 0 Å². The van der Waals surface area contributed by atoms with Crippen molar-refractivity contribution in [2.24, 2.45) is 32.0 Å². The molecule has 3 aliphatic rings. The summed E-state index contributed by atoms with van der Waals surface area (Å²) in [5.41, 5.74) is 6.08. The van der Waals surface area contributed by atoms with Crippen molar-refractivity contribution >= 4 is 27.9 Å². The highest BCUT2D eigenvalue weighted by Crippen LogP contribution is 2.30. The van der Waals surface area contributed by atoms with Gasteiger partial charge in [0.2, 0.25) is 5.96 Å². The lowest BCUT2D eigenvalue weighted by atomic mass is 9.88. The molecule has 1 heterocycles. The lowest BCUT2D eigenvalue weighted by Crippen LogP contribution is -2.32. The minimum absolute atomic E-state index is 0.251. The minimum Gasteiger partial charge on any atom is -0.366 e. The number of primary amides is 1. The molecular formula is C29H39N5O3S. The van der Waals surface area contributed by atoms with Crippen molar-refractivity contribution in [1.82, 2.24) is 10.6 Å². The first-order valence-corrected chi connectivity index (χ1v) is 14.3. The zero-order valence-corrected chi connectivity index (χ0v) is 24.3. The molecule has 0 aromatic rings. The largest absolute Gasteiger partial charge is 0.366 e. The zero-order chi connectivity index (χ0) is 28.6. The van der Waals surface area contributed by atoms with Crippen LogP contribution in [0.4, 0.5) is 0 Å². The number of hydrogen-bond donors (Lipinski definition) is 3. The van der Waals surface area contributed by atoms with Crippen LogP contribution >= 0.6 is 0 Å². The topological polar surface area (TPSA) is 126 Å². The maximum absolute atomic E-state index is 12.5. The Kier molecular flexibility index (Phi) is 7.67. The monoisotopic (exact) mass is 537 g/mol. The summed E-state index contributed by atoms with van der Waals surface area (Å²) >= 11 is 0. The van der Waals surface area contributed by atoms with E-state index in [1.807, 2.05) is 78.0 Å². The maximum atomic E-state index is 12.5. The van der Waals surface area contributed by atoms with E-state index in [0.29, 0.717) is 28.7 Å². The molecule has 0 radical (unpaired) electrons. The number of rotatable bonds is 5. The average molecular weight is 538 g/mol. The van der Waals surface area contributed by atoms with Gasteiger partial charge >= 0.3 is 0 Å². The Bertz CT molecular complexity index is 1400. The van der Waals surface area contributed by atoms with E-state index in [2.05, 4.69) is 15.6 Å². The lowest BCUT2D eigenvalue weighted by Gasteiger charge is -2.26. The molecule has 0 aromatic carbocycles. The standard InChI is InChI=1S/C29H39N5O3S/c1-26(2)12-10-21(24(30)35)22(11-13-26)33-23-18-28(5,6)19-31-25(34-23)32-20-9-14-29(7,38(8,36)37)16-15-27(3,4)17-20/h9-19,33H,1-8H3,(H2,30,35)(H,32,34)/b14-9-,16-15-,20-17+. The fourth-order valence-corrected chi connectivity index (χ4v) is 4.48. The van der Waals surface area contributed by atoms with Crippen LogP contribution in [0.5, 0.6) is 0 Å². The van der Waals surface area contributed by atoms with Gasteiger partial charge in [-0.3, -0.25) is 4.79 Å². The Hall–Kier alpha value is -3.46. The van der Waals surface area contributed by atoms with E-state index < -0.39 is 31.3 Å². The molecule has 0 saturated heterocycles. The van der Waals surface area contributed by atoms with E-state index in [4.69, 9.17) is 10.7 Å². The molecule has 204 valence electrons. The Balaban J connectivity index is 2.02. The highest BCUT2D eigenvalue weighted by Gasteiger charge is 2.32. The van der Waals surface area contributed by atoms with Gasteiger partial charge in [0.25, 0.3) is 5.91 Å². The Morgan fingerprint density at radius 1 is 0.816 bits per heavy atom. The fraction of sp³-hybridized carbons (Fsp3) is 0.414. The van der Waals surface area contributed by atoms with Gasteiger partial charge in [-0.2, -0.15) is 4.99 Å². The van der Waals surface area contributed by atoms with Crippen LogP contribution in [-0.4, -0.2) is 37.5 Å². The summed E-state index contributed by atoms with van der Waals surface area (Å²) in [6, 6.07) is 0. The Morgan fingerprint density at radius 2 is 1.47 bits per heavy atom. The summed E-state index contributed by atoms with van der Waals surface area (Å²) in [6.07, 6.45) is 21.4. The molecule has 1 aliphatic heterocycles. The Labute approximate surface area is 226 Å². The van der Waals surface area contributed by atoms with Gasteiger partial charge < -0.3 is 16.4 Å². The number of carbonyl (C=O) groups is 1. The third-order valence-corrected chi connectivity index (χ3v) is 8.32. The summed E-state index contributed by atoms with van der Waals surface area (Å²) in [5.74, 6) is 0.241. The van der Waals surface area contributed by atoms with Crippen LogP contribution in [0.25, 0.3) is 0 Å². The third-order valence-electron chi connectivity index (χ3n) is 6.45. The Morgan fingerprint density at radius 3 is 2.11 bits per heavy atom. The molecule has 38 heavy (non-hydrogen) atoms. The summed E-state index contributed by atoms with van der Waals surface area (Å²) in [7, 11) is -3.40. The predicted octanol–water partition coefficient (Wildman–Crippen LogP) is 4.20. The summed E-state index contributed by atoms with van der Waals surface area (Å²) in [4.78, 5) is 21.5. The predicted molar refractivity (Wildman–Crippen MR) is 156 cm³/mol. The fourth-order valence-electron chi connectivity index (χ4n) is 3.85. The van der Waals surface area contributed by atoms with Crippen LogP contribution in [0.15, 0.2) is 93.5 Å². The smallest absolute Gasteiger partial charge is 0.250 e. The van der Waals surface area contributed by atoms with Gasteiger partial charge in [0, 0.05) is 34.4 Å². The highest BCUT2D eigenvalue weighted by molar-refractivity contribution is 7.92. The molecular weight excluding hydrogens is 498 g/mol. The van der Waals surface area contributed by atoms with Crippen LogP contribution in [0.1, 0.15) is 48.5 Å². The van der Waals surface area contributed by atoms with Crippen LogP contribution in [0, 0.1) is 16.2 Å². The van der Waals surface area contributed by atoms with E-state index in [0.717, 1.165) is 0 Å². The number of hydrogen-bond acceptors (Lipinski definition) is 7. The van der Waals surface area contributed by atoms with E-state index in [1.54, 1.807) is 37.4 Å². The van der Waals surface area contributed by atoms with Crippen molar-refractivity contribution in [3.8, 4) is 0 Å². The summed E-state index contributed by atoms with van der Waals surface area (Å²) < 4.78 is 23.9. The second kappa shape index (κ2) is 10.0. The van der Waals surface area contributed by atoms with Crippen molar-refractivity contribution in [2.45, 2.75) is 53.2 Å². The molecule has 3 rings (SSSR count). The van der Waals surface area contributed by atoms with Gasteiger partial charge in [0.1, 0.15) is 10.6 Å². The molecule has 9 heteroatoms. The van der Waals surface area contributed by atoms with E-state index in [1.165, 1.54) is 6.26 Å². The lowest BCUT2D eigenvalue weighted by molar-refractivity contribution is -0.114. The number of aliphatic imine (C=N–C) groups is 2. The quantitative estimate of drug-likeness (QED) is 0.453. The molecule has 1 atom stereocenters. The number of carbonyl (C=O) groups excluding carboxylic acids is 1. The van der Waals surface area contributed by atoms with Crippen LogP contribution < -0.4 is 16.4 Å². The van der Waals surface area contributed by atoms with E-state index in [9.17, 15) is 13.2 Å². The van der Waals surface area contributed by atoms with Gasteiger partial charge in [-0.05, 0) is 25.2 Å². The van der Waals surface area contributed by atoms with Crippen molar-refractivity contribution < 1.29 is 13.2 Å². The molecule has 1 amide bonds. The third kappa shape index (κ3) is 7.31. The first-order valence-electron chi connectivity index (χ1n) is 12.5. The number of nitrogens with two attached hydrogens (primary N) is 1. The van der Waals surface area contributed by atoms with Crippen molar-refractivity contribution in [3.05, 3.63) is 83.5 Å². The molecule has 1 unspecified atom stereocenters. The molecule has 0 fully saturated rings. The molecule has 0 bridgehead atoms. The minimum atomic E-state index is -3.40. The van der Waals surface area contributed by atoms with Gasteiger partial charge in [-0.25, -0.2) is 13.4 Å². The molecule has 2 aliphatic carbocycles. The van der Waals surface area contributed by atoms with Crippen LogP contribution in [-0.2, 0) is 14.6 Å². The van der Waals surface area contributed by atoms with Crippen LogP contribution in [0.2, 0.25) is 0 Å². The SMILES string of the molecule is CC1(C)C=CC(NC2=CC(C)(C)C=NC(NC3=C/C(C)(C)/C=C\C(C)(S(C)(=O)=O)/C=C\3)=N2)=C(C(N)=O)C=C1. The van der Waals surface area contributed by atoms with Gasteiger partial charge in [-0.15, -0.1) is 0 Å². The van der Waals surface area contributed by atoms with Gasteiger partial charge in [0.05, 0.1) is 11.3 Å². The summed E-state index contributed by atoms with van der Waals surface area (Å²) in [5, 5.41) is 6.52. The number of sulfone groups is 1. The number of guanidine groups is 1. The highest BCUT2D eigenvalue weighted by atomic mass is 32.2. The van der Waals surface area contributed by atoms with Crippen molar-refractivity contribution in [1.29, 1.82) is 0 Å². The van der Waals surface area contributed by atoms with Gasteiger partial charge in [-0.1, -0.05) is 84.1 Å².